The molecular weight excluding hydrogens is 490 g/mol. The van der Waals surface area contributed by atoms with Crippen LogP contribution in [-0.2, 0) is 4.74 Å². The number of hydrogen-bond acceptors (Lipinski definition) is 7. The van der Waals surface area contributed by atoms with Crippen LogP contribution in [0.5, 0.6) is 5.75 Å². The van der Waals surface area contributed by atoms with E-state index in [4.69, 9.17) is 15.2 Å². The van der Waals surface area contributed by atoms with Gasteiger partial charge in [0.2, 0.25) is 5.95 Å². The van der Waals surface area contributed by atoms with E-state index in [1.54, 1.807) is 30.7 Å². The number of benzene rings is 1. The normalized spacial score (nSPS) is 21.5. The average molecular weight is 523 g/mol. The Hall–Kier alpha value is -3.63. The highest BCUT2D eigenvalue weighted by Gasteiger charge is 2.32. The molecule has 4 atom stereocenters. The number of fused-ring (bicyclic) bond motifs is 1. The zero-order chi connectivity index (χ0) is 26.8. The van der Waals surface area contributed by atoms with Gasteiger partial charge in [0.25, 0.3) is 0 Å². The summed E-state index contributed by atoms with van der Waals surface area (Å²) in [7, 11) is 1.52. The van der Waals surface area contributed by atoms with E-state index in [1.165, 1.54) is 11.6 Å². The van der Waals surface area contributed by atoms with E-state index in [0.29, 0.717) is 29.9 Å². The topological polar surface area (TPSA) is 99.6 Å². The van der Waals surface area contributed by atoms with Crippen LogP contribution in [0.15, 0.2) is 48.9 Å². The summed E-state index contributed by atoms with van der Waals surface area (Å²) in [5.41, 5.74) is 8.93. The van der Waals surface area contributed by atoms with E-state index in [-0.39, 0.29) is 35.6 Å². The first-order chi connectivity index (χ1) is 18.4. The van der Waals surface area contributed by atoms with Crippen molar-refractivity contribution in [2.24, 2.45) is 17.6 Å². The molecule has 1 aromatic carbocycles. The second-order valence-corrected chi connectivity index (χ2v) is 10.00. The second kappa shape index (κ2) is 11.0. The number of nitrogens with zero attached hydrogens (tertiary/aromatic N) is 4. The summed E-state index contributed by atoms with van der Waals surface area (Å²) in [5.74, 6) is 0.207. The van der Waals surface area contributed by atoms with Crippen LogP contribution in [0.1, 0.15) is 38.2 Å². The van der Waals surface area contributed by atoms with Crippen molar-refractivity contribution < 1.29 is 18.3 Å². The molecule has 5 rings (SSSR count). The molecule has 200 valence electrons. The Balaban J connectivity index is 1.45. The SMILES string of the molecule is COCCOc1cc(F)c(-c2ccc3cnc(Nc4cnccc4C4CC(C)C(C)C(N)C4)n3n2)c(F)c1. The van der Waals surface area contributed by atoms with E-state index in [2.05, 4.69) is 34.2 Å². The van der Waals surface area contributed by atoms with Crippen molar-refractivity contribution in [1.82, 2.24) is 19.6 Å². The number of anilines is 2. The fraction of sp³-hybridized carbons (Fsp3) is 0.393. The van der Waals surface area contributed by atoms with Crippen molar-refractivity contribution in [3.8, 4) is 17.0 Å². The second-order valence-electron chi connectivity index (χ2n) is 10.00. The number of pyridine rings is 1. The summed E-state index contributed by atoms with van der Waals surface area (Å²) in [4.78, 5) is 8.78. The molecule has 4 unspecified atom stereocenters. The Bertz CT molecular complexity index is 1390. The highest BCUT2D eigenvalue weighted by Crippen LogP contribution is 2.41. The van der Waals surface area contributed by atoms with Crippen molar-refractivity contribution in [3.05, 3.63) is 66.1 Å². The molecule has 38 heavy (non-hydrogen) atoms. The lowest BCUT2D eigenvalue weighted by molar-refractivity contribution is 0.146. The van der Waals surface area contributed by atoms with Crippen LogP contribution in [0.2, 0.25) is 0 Å². The van der Waals surface area contributed by atoms with Gasteiger partial charge in [0, 0.05) is 31.5 Å². The predicted octanol–water partition coefficient (Wildman–Crippen LogP) is 5.32. The standard InChI is InChI=1S/C28H32F2N6O2/c1-16-10-18(11-24(31)17(16)2)21-6-7-32-15-26(21)34-28-33-14-19-4-5-25(35-36(19)28)27-22(29)12-20(13-23(27)30)38-9-8-37-3/h4-7,12-18,24H,8-11,31H2,1-3H3,(H,33,34). The van der Waals surface area contributed by atoms with E-state index < -0.39 is 11.6 Å². The quantitative estimate of drug-likeness (QED) is 0.302. The molecule has 8 nitrogen and oxygen atoms in total. The molecule has 0 aliphatic heterocycles. The maximum Gasteiger partial charge on any atom is 0.229 e. The van der Waals surface area contributed by atoms with E-state index in [9.17, 15) is 8.78 Å². The summed E-state index contributed by atoms with van der Waals surface area (Å²) >= 11 is 0. The van der Waals surface area contributed by atoms with E-state index in [1.807, 2.05) is 6.07 Å². The molecule has 1 fully saturated rings. The third-order valence-corrected chi connectivity index (χ3v) is 7.54. The van der Waals surface area contributed by atoms with Gasteiger partial charge in [-0.1, -0.05) is 13.8 Å². The highest BCUT2D eigenvalue weighted by molar-refractivity contribution is 5.66. The highest BCUT2D eigenvalue weighted by atomic mass is 19.1. The van der Waals surface area contributed by atoms with Gasteiger partial charge in [-0.2, -0.15) is 9.61 Å². The summed E-state index contributed by atoms with van der Waals surface area (Å²) in [6, 6.07) is 7.71. The number of methoxy groups -OCH3 is 1. The molecule has 0 bridgehead atoms. The molecule has 0 saturated heterocycles. The number of imidazole rings is 1. The van der Waals surface area contributed by atoms with Crippen LogP contribution in [0, 0.1) is 23.5 Å². The fourth-order valence-corrected chi connectivity index (χ4v) is 5.19. The molecule has 1 saturated carbocycles. The zero-order valence-corrected chi connectivity index (χ0v) is 21.7. The van der Waals surface area contributed by atoms with E-state index >= 15 is 0 Å². The molecule has 3 aromatic heterocycles. The van der Waals surface area contributed by atoms with Crippen molar-refractivity contribution in [1.29, 1.82) is 0 Å². The Morgan fingerprint density at radius 1 is 1.08 bits per heavy atom. The number of hydrogen-bond donors (Lipinski definition) is 2. The van der Waals surface area contributed by atoms with Crippen LogP contribution >= 0.6 is 0 Å². The molecule has 3 N–H and O–H groups in total. The Kier molecular flexibility index (Phi) is 7.53. The minimum Gasteiger partial charge on any atom is -0.491 e. The van der Waals surface area contributed by atoms with Gasteiger partial charge in [-0.05, 0) is 54.4 Å². The summed E-state index contributed by atoms with van der Waals surface area (Å²) in [6.07, 6.45) is 7.11. The summed E-state index contributed by atoms with van der Waals surface area (Å²) < 4.78 is 41.8. The maximum absolute atomic E-state index is 15.0. The third kappa shape index (κ3) is 5.19. The number of aromatic nitrogens is 4. The molecule has 1 aliphatic rings. The van der Waals surface area contributed by atoms with Gasteiger partial charge in [-0.3, -0.25) is 4.98 Å². The van der Waals surface area contributed by atoms with Crippen molar-refractivity contribution in [2.75, 3.05) is 25.6 Å². The lowest BCUT2D eigenvalue weighted by Crippen LogP contribution is -2.39. The maximum atomic E-state index is 15.0. The molecule has 4 aromatic rings. The van der Waals surface area contributed by atoms with Gasteiger partial charge in [0.05, 0.1) is 41.5 Å². The van der Waals surface area contributed by atoms with Crippen LogP contribution in [0.3, 0.4) is 0 Å². The molecule has 1 aliphatic carbocycles. The molecule has 0 spiro atoms. The third-order valence-electron chi connectivity index (χ3n) is 7.54. The van der Waals surface area contributed by atoms with Gasteiger partial charge < -0.3 is 20.5 Å². The number of nitrogens with two attached hydrogens (primary N) is 1. The predicted molar refractivity (Wildman–Crippen MR) is 142 cm³/mol. The van der Waals surface area contributed by atoms with Crippen molar-refractivity contribution in [3.63, 3.8) is 0 Å². The van der Waals surface area contributed by atoms with Gasteiger partial charge in [0.15, 0.2) is 0 Å². The van der Waals surface area contributed by atoms with Gasteiger partial charge in [-0.25, -0.2) is 13.8 Å². The Labute approximate surface area is 220 Å². The minimum absolute atomic E-state index is 0.0853. The summed E-state index contributed by atoms with van der Waals surface area (Å²) in [5, 5.41) is 7.86. The zero-order valence-electron chi connectivity index (χ0n) is 21.7. The van der Waals surface area contributed by atoms with Crippen LogP contribution in [-0.4, -0.2) is 45.9 Å². The van der Waals surface area contributed by atoms with Crippen molar-refractivity contribution in [2.45, 2.75) is 38.6 Å². The fourth-order valence-electron chi connectivity index (χ4n) is 5.19. The van der Waals surface area contributed by atoms with Gasteiger partial charge in [-0.15, -0.1) is 0 Å². The first kappa shape index (κ1) is 26.0. The lowest BCUT2D eigenvalue weighted by atomic mass is 9.71. The first-order valence-electron chi connectivity index (χ1n) is 12.8. The average Bonchev–Trinajstić information content (AvgIpc) is 3.29. The molecule has 10 heteroatoms. The smallest absolute Gasteiger partial charge is 0.229 e. The monoisotopic (exact) mass is 522 g/mol. The molecule has 0 amide bonds. The molecule has 3 heterocycles. The number of rotatable bonds is 8. The van der Waals surface area contributed by atoms with Crippen LogP contribution in [0.25, 0.3) is 16.8 Å². The molecular formula is C28H32F2N6O2. The Morgan fingerprint density at radius 3 is 2.61 bits per heavy atom. The molecule has 0 radical (unpaired) electrons. The Morgan fingerprint density at radius 2 is 1.87 bits per heavy atom. The summed E-state index contributed by atoms with van der Waals surface area (Å²) in [6.45, 7) is 4.95. The minimum atomic E-state index is -0.773. The van der Waals surface area contributed by atoms with Gasteiger partial charge in [0.1, 0.15) is 24.0 Å². The lowest BCUT2D eigenvalue weighted by Gasteiger charge is -2.37. The van der Waals surface area contributed by atoms with Crippen molar-refractivity contribution >= 4 is 17.2 Å². The number of nitrogens with one attached hydrogen (secondary N) is 1. The largest absolute Gasteiger partial charge is 0.491 e. The van der Waals surface area contributed by atoms with Crippen LogP contribution < -0.4 is 15.8 Å². The first-order valence-corrected chi connectivity index (χ1v) is 12.8. The van der Waals surface area contributed by atoms with Crippen LogP contribution in [0.4, 0.5) is 20.4 Å². The van der Waals surface area contributed by atoms with Gasteiger partial charge >= 0.3 is 0 Å². The van der Waals surface area contributed by atoms with E-state index in [0.717, 1.165) is 36.2 Å². The number of ether oxygens (including phenoxy) is 2. The number of halogens is 2.